The molecule has 1 aliphatic rings. The zero-order chi connectivity index (χ0) is 14.2. The van der Waals surface area contributed by atoms with Crippen molar-refractivity contribution in [2.24, 2.45) is 5.92 Å². The second kappa shape index (κ2) is 7.90. The van der Waals surface area contributed by atoms with E-state index in [-0.39, 0.29) is 5.91 Å². The van der Waals surface area contributed by atoms with Gasteiger partial charge < -0.3 is 16.0 Å². The smallest absolute Gasteiger partial charge is 0.251 e. The highest BCUT2D eigenvalue weighted by Crippen LogP contribution is 2.14. The summed E-state index contributed by atoms with van der Waals surface area (Å²) in [5.74, 6) is 0.691. The number of hydrogen-bond donors (Lipinski definition) is 3. The third kappa shape index (κ3) is 4.53. The molecule has 3 N–H and O–H groups in total. The van der Waals surface area contributed by atoms with Gasteiger partial charge in [-0.1, -0.05) is 13.0 Å². The largest absolute Gasteiger partial charge is 0.385 e. The Morgan fingerprint density at radius 1 is 1.45 bits per heavy atom. The Morgan fingerprint density at radius 2 is 2.35 bits per heavy atom. The lowest BCUT2D eigenvalue weighted by Crippen LogP contribution is -2.33. The van der Waals surface area contributed by atoms with Crippen molar-refractivity contribution in [3.05, 3.63) is 29.8 Å². The van der Waals surface area contributed by atoms with Gasteiger partial charge in [-0.15, -0.1) is 0 Å². The normalized spacial score (nSPS) is 18.6. The molecule has 1 aromatic rings. The van der Waals surface area contributed by atoms with Crippen molar-refractivity contribution in [2.75, 3.05) is 31.5 Å². The molecule has 0 aliphatic carbocycles. The number of rotatable bonds is 6. The molecule has 1 aliphatic heterocycles. The summed E-state index contributed by atoms with van der Waals surface area (Å²) in [4.78, 5) is 11.9. The minimum Gasteiger partial charge on any atom is -0.385 e. The van der Waals surface area contributed by atoms with Crippen LogP contribution >= 0.6 is 0 Å². The van der Waals surface area contributed by atoms with Crippen LogP contribution in [0.2, 0.25) is 0 Å². The summed E-state index contributed by atoms with van der Waals surface area (Å²) >= 11 is 0. The minimum absolute atomic E-state index is 0.00910. The first kappa shape index (κ1) is 14.9. The van der Waals surface area contributed by atoms with Gasteiger partial charge in [0.05, 0.1) is 0 Å². The molecule has 4 heteroatoms. The first-order valence-corrected chi connectivity index (χ1v) is 7.62. The highest BCUT2D eigenvalue weighted by molar-refractivity contribution is 5.95. The van der Waals surface area contributed by atoms with Gasteiger partial charge in [0.1, 0.15) is 0 Å². The molecule has 0 spiro atoms. The summed E-state index contributed by atoms with van der Waals surface area (Å²) in [6, 6.07) is 7.74. The zero-order valence-corrected chi connectivity index (χ0v) is 12.2. The van der Waals surface area contributed by atoms with Gasteiger partial charge in [-0.05, 0) is 56.5 Å². The maximum Gasteiger partial charge on any atom is 0.251 e. The molecule has 4 nitrogen and oxygen atoms in total. The Kier molecular flexibility index (Phi) is 5.87. The first-order valence-electron chi connectivity index (χ1n) is 7.62. The molecule has 2 rings (SSSR count). The van der Waals surface area contributed by atoms with E-state index in [2.05, 4.69) is 22.9 Å². The lowest BCUT2D eigenvalue weighted by Gasteiger charge is -2.23. The highest BCUT2D eigenvalue weighted by Gasteiger charge is 2.12. The fraction of sp³-hybridized carbons (Fsp3) is 0.562. The number of nitrogens with one attached hydrogen (secondary N) is 3. The second-order valence-electron chi connectivity index (χ2n) is 5.43. The van der Waals surface area contributed by atoms with Crippen molar-refractivity contribution < 1.29 is 4.79 Å². The van der Waals surface area contributed by atoms with Gasteiger partial charge in [-0.3, -0.25) is 4.79 Å². The van der Waals surface area contributed by atoms with Crippen molar-refractivity contribution in [3.8, 4) is 0 Å². The van der Waals surface area contributed by atoms with Crippen molar-refractivity contribution in [3.63, 3.8) is 0 Å². The van der Waals surface area contributed by atoms with Gasteiger partial charge in [-0.25, -0.2) is 0 Å². The van der Waals surface area contributed by atoms with E-state index < -0.39 is 0 Å². The third-order valence-corrected chi connectivity index (χ3v) is 3.65. The van der Waals surface area contributed by atoms with E-state index in [1.165, 1.54) is 12.8 Å². The molecule has 1 saturated heterocycles. The van der Waals surface area contributed by atoms with Crippen molar-refractivity contribution >= 4 is 11.6 Å². The lowest BCUT2D eigenvalue weighted by atomic mass is 9.99. The monoisotopic (exact) mass is 275 g/mol. The number of amides is 1. The van der Waals surface area contributed by atoms with Gasteiger partial charge in [0.25, 0.3) is 5.91 Å². The highest BCUT2D eigenvalue weighted by atomic mass is 16.1. The molecule has 0 saturated carbocycles. The van der Waals surface area contributed by atoms with E-state index in [9.17, 15) is 4.79 Å². The van der Waals surface area contributed by atoms with Crippen molar-refractivity contribution in [2.45, 2.75) is 26.2 Å². The molecule has 1 fully saturated rings. The Morgan fingerprint density at radius 3 is 3.10 bits per heavy atom. The maximum absolute atomic E-state index is 11.9. The molecule has 1 unspecified atom stereocenters. The van der Waals surface area contributed by atoms with Gasteiger partial charge in [-0.2, -0.15) is 0 Å². The topological polar surface area (TPSA) is 53.2 Å². The Bertz CT molecular complexity index is 427. The molecule has 1 aromatic carbocycles. The van der Waals surface area contributed by atoms with Gasteiger partial charge in [0, 0.05) is 24.3 Å². The van der Waals surface area contributed by atoms with Crippen LogP contribution in [0.3, 0.4) is 0 Å². The summed E-state index contributed by atoms with van der Waals surface area (Å²) < 4.78 is 0. The standard InChI is InChI=1S/C16H25N3O/c1-2-8-18-16(20)14-6-3-7-15(10-14)19-12-13-5-4-9-17-11-13/h3,6-7,10,13,17,19H,2,4-5,8-9,11-12H2,1H3,(H,18,20). The van der Waals surface area contributed by atoms with Crippen LogP contribution in [-0.2, 0) is 0 Å². The number of carbonyl (C=O) groups is 1. The third-order valence-electron chi connectivity index (χ3n) is 3.65. The molecule has 1 heterocycles. The molecule has 1 amide bonds. The van der Waals surface area contributed by atoms with Crippen LogP contribution in [0.25, 0.3) is 0 Å². The van der Waals surface area contributed by atoms with Crippen LogP contribution in [0.15, 0.2) is 24.3 Å². The van der Waals surface area contributed by atoms with E-state index >= 15 is 0 Å². The Balaban J connectivity index is 1.86. The Hall–Kier alpha value is -1.55. The molecular weight excluding hydrogens is 250 g/mol. The first-order chi connectivity index (χ1) is 9.79. The second-order valence-corrected chi connectivity index (χ2v) is 5.43. The predicted octanol–water partition coefficient (Wildman–Crippen LogP) is 2.24. The molecular formula is C16H25N3O. The van der Waals surface area contributed by atoms with Crippen LogP contribution < -0.4 is 16.0 Å². The fourth-order valence-corrected chi connectivity index (χ4v) is 2.47. The van der Waals surface area contributed by atoms with Crippen LogP contribution in [0.1, 0.15) is 36.5 Å². The van der Waals surface area contributed by atoms with E-state index in [0.29, 0.717) is 5.92 Å². The summed E-state index contributed by atoms with van der Waals surface area (Å²) in [6.07, 6.45) is 3.49. The van der Waals surface area contributed by atoms with Crippen LogP contribution in [-0.4, -0.2) is 32.1 Å². The molecule has 20 heavy (non-hydrogen) atoms. The SMILES string of the molecule is CCCNC(=O)c1cccc(NCC2CCCNC2)c1. The summed E-state index contributed by atoms with van der Waals surface area (Å²) in [6.45, 7) is 5.97. The van der Waals surface area contributed by atoms with Crippen LogP contribution in [0, 0.1) is 5.92 Å². The summed E-state index contributed by atoms with van der Waals surface area (Å²) in [5, 5.41) is 9.77. The number of anilines is 1. The van der Waals surface area contributed by atoms with Crippen molar-refractivity contribution in [1.82, 2.24) is 10.6 Å². The minimum atomic E-state index is 0.00910. The summed E-state index contributed by atoms with van der Waals surface area (Å²) in [5.41, 5.74) is 1.75. The van der Waals surface area contributed by atoms with E-state index in [4.69, 9.17) is 0 Å². The fourth-order valence-electron chi connectivity index (χ4n) is 2.47. The molecule has 1 atom stereocenters. The van der Waals surface area contributed by atoms with E-state index in [0.717, 1.165) is 43.9 Å². The van der Waals surface area contributed by atoms with Crippen LogP contribution in [0.5, 0.6) is 0 Å². The molecule has 0 bridgehead atoms. The van der Waals surface area contributed by atoms with Gasteiger partial charge >= 0.3 is 0 Å². The van der Waals surface area contributed by atoms with Crippen molar-refractivity contribution in [1.29, 1.82) is 0 Å². The van der Waals surface area contributed by atoms with Gasteiger partial charge in [0.2, 0.25) is 0 Å². The molecule has 0 radical (unpaired) electrons. The number of benzene rings is 1. The quantitative estimate of drug-likeness (QED) is 0.746. The number of carbonyl (C=O) groups excluding carboxylic acids is 1. The maximum atomic E-state index is 11.9. The van der Waals surface area contributed by atoms with Crippen LogP contribution in [0.4, 0.5) is 5.69 Å². The molecule has 110 valence electrons. The van der Waals surface area contributed by atoms with Gasteiger partial charge in [0.15, 0.2) is 0 Å². The zero-order valence-electron chi connectivity index (χ0n) is 12.2. The number of piperidine rings is 1. The lowest BCUT2D eigenvalue weighted by molar-refractivity contribution is 0.0953. The molecule has 0 aromatic heterocycles. The number of hydrogen-bond acceptors (Lipinski definition) is 3. The average Bonchev–Trinajstić information content (AvgIpc) is 2.52. The van der Waals surface area contributed by atoms with E-state index in [1.807, 2.05) is 24.3 Å². The average molecular weight is 275 g/mol. The predicted molar refractivity (Wildman–Crippen MR) is 83.1 cm³/mol. The Labute approximate surface area is 121 Å². The van der Waals surface area contributed by atoms with E-state index in [1.54, 1.807) is 0 Å². The summed E-state index contributed by atoms with van der Waals surface area (Å²) in [7, 11) is 0.